The van der Waals surface area contributed by atoms with Crippen LogP contribution in [-0.2, 0) is 4.79 Å². The van der Waals surface area contributed by atoms with Crippen LogP contribution in [-0.4, -0.2) is 19.0 Å². The lowest BCUT2D eigenvalue weighted by molar-refractivity contribution is -0.118. The van der Waals surface area contributed by atoms with E-state index in [9.17, 15) is 4.79 Å². The second-order valence-electron chi connectivity index (χ2n) is 4.33. The van der Waals surface area contributed by atoms with E-state index in [2.05, 4.69) is 13.0 Å². The van der Waals surface area contributed by atoms with Gasteiger partial charge in [-0.3, -0.25) is 4.79 Å². The molecular formula is C13H18N2O. The van der Waals surface area contributed by atoms with Gasteiger partial charge < -0.3 is 10.6 Å². The first-order valence-corrected chi connectivity index (χ1v) is 5.83. The molecule has 16 heavy (non-hydrogen) atoms. The summed E-state index contributed by atoms with van der Waals surface area (Å²) < 4.78 is 0. The zero-order valence-electron chi connectivity index (χ0n) is 9.65. The highest BCUT2D eigenvalue weighted by molar-refractivity contribution is 5.94. The average molecular weight is 218 g/mol. The third kappa shape index (κ3) is 1.95. The molecule has 1 aromatic rings. The number of nitrogens with two attached hydrogens (primary N) is 1. The Morgan fingerprint density at radius 2 is 2.25 bits per heavy atom. The lowest BCUT2D eigenvalue weighted by Crippen LogP contribution is -2.37. The van der Waals surface area contributed by atoms with Gasteiger partial charge in [-0.25, -0.2) is 0 Å². The summed E-state index contributed by atoms with van der Waals surface area (Å²) >= 11 is 0. The van der Waals surface area contributed by atoms with Crippen molar-refractivity contribution in [2.75, 3.05) is 18.0 Å². The molecule has 1 heterocycles. The Labute approximate surface area is 96.2 Å². The maximum Gasteiger partial charge on any atom is 0.228 e. The Bertz CT molecular complexity index is 389. The molecular weight excluding hydrogens is 200 g/mol. The second kappa shape index (κ2) is 4.66. The highest BCUT2D eigenvalue weighted by atomic mass is 16.2. The summed E-state index contributed by atoms with van der Waals surface area (Å²) in [5.41, 5.74) is 7.78. The van der Waals surface area contributed by atoms with Gasteiger partial charge in [-0.05, 0) is 24.0 Å². The van der Waals surface area contributed by atoms with Crippen LogP contribution in [0.2, 0.25) is 0 Å². The smallest absolute Gasteiger partial charge is 0.228 e. The fourth-order valence-corrected chi connectivity index (χ4v) is 2.27. The fraction of sp³-hybridized carbons (Fsp3) is 0.462. The van der Waals surface area contributed by atoms with E-state index in [1.54, 1.807) is 0 Å². The molecule has 0 spiro atoms. The predicted octanol–water partition coefficient (Wildman–Crippen LogP) is 1.88. The van der Waals surface area contributed by atoms with Crippen LogP contribution in [0.3, 0.4) is 0 Å². The van der Waals surface area contributed by atoms with Crippen molar-refractivity contribution in [1.82, 2.24) is 0 Å². The Kier molecular flexibility index (Phi) is 3.25. The number of benzene rings is 1. The molecule has 2 N–H and O–H groups in total. The topological polar surface area (TPSA) is 46.3 Å². The maximum absolute atomic E-state index is 11.9. The first-order valence-electron chi connectivity index (χ1n) is 5.83. The van der Waals surface area contributed by atoms with Crippen molar-refractivity contribution >= 4 is 11.6 Å². The number of carbonyl (C=O) groups excluding carboxylic acids is 1. The monoisotopic (exact) mass is 218 g/mol. The van der Waals surface area contributed by atoms with Crippen LogP contribution in [0.25, 0.3) is 0 Å². The zero-order chi connectivity index (χ0) is 11.5. The summed E-state index contributed by atoms with van der Waals surface area (Å²) in [6.07, 6.45) is 1.47. The number of fused-ring (bicyclic) bond motifs is 1. The Hall–Kier alpha value is -1.35. The van der Waals surface area contributed by atoms with Gasteiger partial charge in [0.1, 0.15) is 0 Å². The van der Waals surface area contributed by atoms with Crippen LogP contribution < -0.4 is 10.6 Å². The van der Waals surface area contributed by atoms with E-state index in [0.29, 0.717) is 18.9 Å². The first-order chi connectivity index (χ1) is 7.74. The number of hydrogen-bond donors (Lipinski definition) is 1. The van der Waals surface area contributed by atoms with E-state index in [1.165, 1.54) is 5.56 Å². The molecule has 0 radical (unpaired) electrons. The van der Waals surface area contributed by atoms with E-state index < -0.39 is 0 Å². The lowest BCUT2D eigenvalue weighted by Gasteiger charge is -2.32. The Morgan fingerprint density at radius 3 is 3.00 bits per heavy atom. The quantitative estimate of drug-likeness (QED) is 0.823. The number of carbonyl (C=O) groups is 1. The molecule has 1 aromatic carbocycles. The van der Waals surface area contributed by atoms with Crippen LogP contribution in [0.4, 0.5) is 5.69 Å². The van der Waals surface area contributed by atoms with Gasteiger partial charge in [0, 0.05) is 25.2 Å². The van der Waals surface area contributed by atoms with Gasteiger partial charge in [-0.2, -0.15) is 0 Å². The summed E-state index contributed by atoms with van der Waals surface area (Å²) in [5.74, 6) is 0.681. The van der Waals surface area contributed by atoms with Gasteiger partial charge in [0.15, 0.2) is 0 Å². The molecule has 0 bridgehead atoms. The van der Waals surface area contributed by atoms with Crippen LogP contribution >= 0.6 is 0 Å². The molecule has 0 saturated carbocycles. The largest absolute Gasteiger partial charge is 0.330 e. The van der Waals surface area contributed by atoms with Gasteiger partial charge in [-0.15, -0.1) is 0 Å². The van der Waals surface area contributed by atoms with E-state index in [0.717, 1.165) is 18.7 Å². The highest BCUT2D eigenvalue weighted by Gasteiger charge is 2.25. The molecule has 0 fully saturated rings. The third-order valence-corrected chi connectivity index (χ3v) is 3.20. The van der Waals surface area contributed by atoms with Gasteiger partial charge in [-0.1, -0.05) is 25.1 Å². The number of amides is 1. The molecule has 3 nitrogen and oxygen atoms in total. The number of para-hydroxylation sites is 1. The zero-order valence-corrected chi connectivity index (χ0v) is 9.65. The molecule has 1 amide bonds. The van der Waals surface area contributed by atoms with Crippen LogP contribution in [0.15, 0.2) is 24.3 Å². The molecule has 1 aliphatic rings. The lowest BCUT2D eigenvalue weighted by atomic mass is 9.91. The van der Waals surface area contributed by atoms with Crippen LogP contribution in [0.1, 0.15) is 31.2 Å². The van der Waals surface area contributed by atoms with Crippen molar-refractivity contribution in [3.63, 3.8) is 0 Å². The van der Waals surface area contributed by atoms with E-state index in [4.69, 9.17) is 5.73 Å². The minimum absolute atomic E-state index is 0.141. The minimum atomic E-state index is 0.141. The standard InChI is InChI=1S/C13H18N2O/c1-10-7-9-15(13(16)6-8-14)12-5-3-2-4-11(10)12/h2-5,10H,6-9,14H2,1H3. The molecule has 3 heteroatoms. The molecule has 86 valence electrons. The minimum Gasteiger partial charge on any atom is -0.330 e. The third-order valence-electron chi connectivity index (χ3n) is 3.20. The summed E-state index contributed by atoms with van der Waals surface area (Å²) in [5, 5.41) is 0. The van der Waals surface area contributed by atoms with Crippen molar-refractivity contribution in [3.05, 3.63) is 29.8 Å². The fourth-order valence-electron chi connectivity index (χ4n) is 2.27. The first kappa shape index (κ1) is 11.1. The van der Waals surface area contributed by atoms with Crippen molar-refractivity contribution in [3.8, 4) is 0 Å². The normalized spacial score (nSPS) is 19.4. The van der Waals surface area contributed by atoms with Crippen molar-refractivity contribution in [2.24, 2.45) is 5.73 Å². The Morgan fingerprint density at radius 1 is 1.50 bits per heavy atom. The maximum atomic E-state index is 11.9. The van der Waals surface area contributed by atoms with Crippen molar-refractivity contribution < 1.29 is 4.79 Å². The van der Waals surface area contributed by atoms with Gasteiger partial charge >= 0.3 is 0 Å². The summed E-state index contributed by atoms with van der Waals surface area (Å²) in [4.78, 5) is 13.8. The molecule has 1 aliphatic heterocycles. The van der Waals surface area contributed by atoms with E-state index in [1.807, 2.05) is 23.1 Å². The summed E-state index contributed by atoms with van der Waals surface area (Å²) in [7, 11) is 0. The summed E-state index contributed by atoms with van der Waals surface area (Å²) in [6.45, 7) is 3.45. The SMILES string of the molecule is CC1CCN(C(=O)CCN)c2ccccc21. The van der Waals surface area contributed by atoms with Crippen molar-refractivity contribution in [2.45, 2.75) is 25.7 Å². The molecule has 0 saturated heterocycles. The number of hydrogen-bond acceptors (Lipinski definition) is 2. The van der Waals surface area contributed by atoms with Gasteiger partial charge in [0.05, 0.1) is 0 Å². The highest BCUT2D eigenvalue weighted by Crippen LogP contribution is 2.34. The molecule has 1 atom stereocenters. The molecule has 2 rings (SSSR count). The number of rotatable bonds is 2. The number of anilines is 1. The number of nitrogens with zero attached hydrogens (tertiary/aromatic N) is 1. The average Bonchev–Trinajstić information content (AvgIpc) is 2.30. The van der Waals surface area contributed by atoms with E-state index in [-0.39, 0.29) is 5.91 Å². The van der Waals surface area contributed by atoms with Crippen LogP contribution in [0, 0.1) is 0 Å². The molecule has 1 unspecified atom stereocenters. The molecule has 0 aliphatic carbocycles. The predicted molar refractivity (Wildman–Crippen MR) is 65.5 cm³/mol. The van der Waals surface area contributed by atoms with Gasteiger partial charge in [0.25, 0.3) is 0 Å². The van der Waals surface area contributed by atoms with E-state index >= 15 is 0 Å². The van der Waals surface area contributed by atoms with Gasteiger partial charge in [0.2, 0.25) is 5.91 Å². The molecule has 0 aromatic heterocycles. The Balaban J connectivity index is 2.31. The summed E-state index contributed by atoms with van der Waals surface area (Å²) in [6, 6.07) is 8.16. The second-order valence-corrected chi connectivity index (χ2v) is 4.33. The van der Waals surface area contributed by atoms with Crippen molar-refractivity contribution in [1.29, 1.82) is 0 Å². The van der Waals surface area contributed by atoms with Crippen LogP contribution in [0.5, 0.6) is 0 Å².